The Morgan fingerprint density at radius 1 is 0.354 bits per heavy atom. The molecule has 13 rings (SSSR count). The molecule has 0 saturated heterocycles. The normalized spacial score (nSPS) is 15.5. The number of aromatic nitrogens is 2. The lowest BCUT2D eigenvalue weighted by Crippen LogP contribution is -2.31. The lowest BCUT2D eigenvalue weighted by molar-refractivity contribution is 0.0347. The van der Waals surface area contributed by atoms with Crippen molar-refractivity contribution in [1.82, 2.24) is 9.97 Å². The molecule has 0 aliphatic carbocycles. The van der Waals surface area contributed by atoms with Gasteiger partial charge in [0.2, 0.25) is 0 Å². The Kier molecular flexibility index (Phi) is 11.7. The van der Waals surface area contributed by atoms with E-state index in [-0.39, 0.29) is 0 Å². The highest BCUT2D eigenvalue weighted by Crippen LogP contribution is 2.42. The number of fused-ring (bicyclic) bond motifs is 4. The first-order chi connectivity index (χ1) is 32.2. The smallest absolute Gasteiger partial charge is 0.119 e. The molecule has 3 aliphatic rings. The third kappa shape index (κ3) is 8.59. The van der Waals surface area contributed by atoms with E-state index in [2.05, 4.69) is 108 Å². The second-order valence-electron chi connectivity index (χ2n) is 16.4. The van der Waals surface area contributed by atoms with Gasteiger partial charge in [0, 0.05) is 40.7 Å². The second kappa shape index (κ2) is 18.7. The van der Waals surface area contributed by atoms with Gasteiger partial charge in [-0.2, -0.15) is 0 Å². The lowest BCUT2D eigenvalue weighted by Gasteiger charge is -2.26. The molecular formula is C56H49N3O6. The number of hydrogen-bond donors (Lipinski definition) is 0. The minimum Gasteiger partial charge on any atom is -0.491 e. The summed E-state index contributed by atoms with van der Waals surface area (Å²) in [5.41, 5.74) is 6.63. The van der Waals surface area contributed by atoms with E-state index in [1.165, 1.54) is 43.1 Å². The van der Waals surface area contributed by atoms with Crippen molar-refractivity contribution in [3.8, 4) is 34.0 Å². The number of anilines is 1. The summed E-state index contributed by atoms with van der Waals surface area (Å²) in [6, 6.07) is 53.2. The van der Waals surface area contributed by atoms with Crippen LogP contribution in [0.1, 0.15) is 0 Å². The van der Waals surface area contributed by atoms with Crippen LogP contribution in [-0.2, 0) is 18.9 Å². The van der Waals surface area contributed by atoms with E-state index >= 15 is 0 Å². The van der Waals surface area contributed by atoms with Gasteiger partial charge in [-0.3, -0.25) is 0 Å². The van der Waals surface area contributed by atoms with Crippen molar-refractivity contribution in [2.24, 2.45) is 0 Å². The quantitative estimate of drug-likeness (QED) is 0.118. The summed E-state index contributed by atoms with van der Waals surface area (Å²) >= 11 is 0. The molecule has 65 heavy (non-hydrogen) atoms. The highest BCUT2D eigenvalue weighted by molar-refractivity contribution is 6.33. The maximum Gasteiger partial charge on any atom is 0.119 e. The molecule has 9 heteroatoms. The van der Waals surface area contributed by atoms with Crippen molar-refractivity contribution < 1.29 is 28.4 Å². The van der Waals surface area contributed by atoms with E-state index in [0.717, 1.165) is 61.5 Å². The summed E-state index contributed by atoms with van der Waals surface area (Å²) in [6.45, 7) is 6.21. The second-order valence-corrected chi connectivity index (χ2v) is 16.4. The van der Waals surface area contributed by atoms with Crippen molar-refractivity contribution in [3.05, 3.63) is 152 Å². The highest BCUT2D eigenvalue weighted by Gasteiger charge is 2.17. The molecule has 324 valence electrons. The maximum atomic E-state index is 6.15. The van der Waals surface area contributed by atoms with Crippen LogP contribution in [0.2, 0.25) is 0 Å². The summed E-state index contributed by atoms with van der Waals surface area (Å²) in [5.74, 6) is 1.56. The summed E-state index contributed by atoms with van der Waals surface area (Å²) in [4.78, 5) is 12.6. The molecule has 0 N–H and O–H groups in total. The van der Waals surface area contributed by atoms with Crippen LogP contribution in [0.25, 0.3) is 87.4 Å². The van der Waals surface area contributed by atoms with Crippen molar-refractivity contribution >= 4 is 70.6 Å². The molecular weight excluding hydrogens is 811 g/mol. The van der Waals surface area contributed by atoms with Gasteiger partial charge in [-0.25, -0.2) is 9.97 Å². The molecule has 0 unspecified atom stereocenters. The first-order valence-electron chi connectivity index (χ1n) is 22.6. The van der Waals surface area contributed by atoms with Gasteiger partial charge in [-0.15, -0.1) is 0 Å². The fourth-order valence-electron chi connectivity index (χ4n) is 9.15. The molecule has 9 nitrogen and oxygen atoms in total. The van der Waals surface area contributed by atoms with Gasteiger partial charge in [0.15, 0.2) is 0 Å². The van der Waals surface area contributed by atoms with Crippen molar-refractivity contribution in [2.45, 2.75) is 0 Å². The Balaban J connectivity index is 0.800. The molecule has 8 aromatic carbocycles. The van der Waals surface area contributed by atoms with Crippen LogP contribution < -0.4 is 14.4 Å². The first kappa shape index (κ1) is 40.9. The Hall–Kier alpha value is -6.88. The summed E-state index contributed by atoms with van der Waals surface area (Å²) in [5, 5.41) is 12.3. The van der Waals surface area contributed by atoms with Crippen LogP contribution in [0.4, 0.5) is 5.69 Å². The summed E-state index contributed by atoms with van der Waals surface area (Å²) < 4.78 is 36.2. The Labute approximate surface area is 377 Å². The van der Waals surface area contributed by atoms with Crippen LogP contribution in [0.5, 0.6) is 11.5 Å². The van der Waals surface area contributed by atoms with Crippen LogP contribution in [-0.4, -0.2) is 89.1 Å². The third-order valence-electron chi connectivity index (χ3n) is 12.4. The first-order valence-corrected chi connectivity index (χ1v) is 22.6. The van der Waals surface area contributed by atoms with Crippen LogP contribution in [0, 0.1) is 0 Å². The molecule has 0 amide bonds. The minimum absolute atomic E-state index is 0.437. The third-order valence-corrected chi connectivity index (χ3v) is 12.4. The maximum absolute atomic E-state index is 6.15. The molecule has 3 aliphatic heterocycles. The number of ether oxygens (including phenoxy) is 6. The van der Waals surface area contributed by atoms with Gasteiger partial charge in [0.25, 0.3) is 0 Å². The predicted octanol–water partition coefficient (Wildman–Crippen LogP) is 11.5. The average Bonchev–Trinajstić information content (AvgIpc) is 3.35. The number of hydrogen-bond acceptors (Lipinski definition) is 9. The zero-order valence-electron chi connectivity index (χ0n) is 36.2. The topological polar surface area (TPSA) is 84.4 Å². The van der Waals surface area contributed by atoms with E-state index in [0.29, 0.717) is 79.2 Å². The molecule has 10 aromatic rings. The number of nitrogens with zero attached hydrogens (tertiary/aromatic N) is 3. The molecule has 0 saturated carbocycles. The molecule has 0 fully saturated rings. The number of pyridine rings is 2. The lowest BCUT2D eigenvalue weighted by atomic mass is 9.89. The van der Waals surface area contributed by atoms with E-state index in [1.54, 1.807) is 0 Å². The standard InChI is InChI=1S/C56H49N3O6/c1-4-40-5-2-9-49-50-37-44(36-43-6-3-8-48(54(43)50)47(7-1)53(40)49)59-24-26-60-28-30-62-32-34-64-45-18-12-38(13-19-45)51-22-16-41-10-11-42-17-23-52(58-56(42)55(41)57-51)39-14-20-46(21-15-39)65-35-33-63-31-29-61-27-25-59/h1-23,36-37H,24-35H2. The number of rotatable bonds is 1. The summed E-state index contributed by atoms with van der Waals surface area (Å²) in [6.07, 6.45) is 0. The van der Waals surface area contributed by atoms with Crippen LogP contribution in [0.3, 0.4) is 0 Å². The van der Waals surface area contributed by atoms with E-state index in [4.69, 9.17) is 38.4 Å². The molecule has 5 heterocycles. The predicted molar refractivity (Wildman–Crippen MR) is 262 cm³/mol. The van der Waals surface area contributed by atoms with Gasteiger partial charge in [-0.1, -0.05) is 78.9 Å². The average molecular weight is 860 g/mol. The van der Waals surface area contributed by atoms with Gasteiger partial charge >= 0.3 is 0 Å². The van der Waals surface area contributed by atoms with Gasteiger partial charge in [0.1, 0.15) is 24.7 Å². The zero-order valence-corrected chi connectivity index (χ0v) is 36.2. The van der Waals surface area contributed by atoms with Crippen molar-refractivity contribution in [1.29, 1.82) is 0 Å². The van der Waals surface area contributed by atoms with Gasteiger partial charge in [-0.05, 0) is 116 Å². The van der Waals surface area contributed by atoms with Gasteiger partial charge < -0.3 is 33.3 Å². The van der Waals surface area contributed by atoms with Crippen molar-refractivity contribution in [3.63, 3.8) is 0 Å². The van der Waals surface area contributed by atoms with Gasteiger partial charge in [0.05, 0.1) is 75.3 Å². The largest absolute Gasteiger partial charge is 0.491 e. The molecule has 0 atom stereocenters. The summed E-state index contributed by atoms with van der Waals surface area (Å²) in [7, 11) is 0. The van der Waals surface area contributed by atoms with E-state index in [1.807, 2.05) is 48.5 Å². The van der Waals surface area contributed by atoms with Crippen LogP contribution in [0.15, 0.2) is 152 Å². The minimum atomic E-state index is 0.437. The van der Waals surface area contributed by atoms with E-state index in [9.17, 15) is 0 Å². The SMILES string of the molecule is c1cc2cccc3c4cc(N5CCOCCOCCOc6ccc(cc6)-c6ccc7ccc8ccc(nc8c7n6)-c6ccc(cc6)OCCOCCOCC5)cc5cccc(c(c1)c23)c54. The zero-order chi connectivity index (χ0) is 43.4. The van der Waals surface area contributed by atoms with Crippen molar-refractivity contribution in [2.75, 3.05) is 84.1 Å². The van der Waals surface area contributed by atoms with E-state index < -0.39 is 0 Å². The number of benzene rings is 8. The fraction of sp³-hybridized carbons (Fsp3) is 0.214. The molecule has 2 aromatic heterocycles. The molecule has 0 radical (unpaired) electrons. The molecule has 0 spiro atoms. The Morgan fingerprint density at radius 3 is 1.31 bits per heavy atom. The monoisotopic (exact) mass is 859 g/mol. The Morgan fingerprint density at radius 2 is 0.785 bits per heavy atom. The highest BCUT2D eigenvalue weighted by atomic mass is 16.5. The molecule has 8 bridgehead atoms. The Bertz CT molecular complexity index is 3120. The van der Waals surface area contributed by atoms with Crippen LogP contribution >= 0.6 is 0 Å². The fourth-order valence-corrected chi connectivity index (χ4v) is 9.15.